The Hall–Kier alpha value is 0.850. The van der Waals surface area contributed by atoms with Crippen molar-refractivity contribution in [3.8, 4) is 0 Å². The second-order valence-electron chi connectivity index (χ2n) is 7.22. The standard InChI is InChI=1S/C18H34O7S.2Na/c1-5-7-9-11-13(3)15(16(19)20)18(17(21)22,26(23,24)25)14(4)12-10-8-6-2;;/h13-15H,5-12H2,1-4H3,(H,19,20)(H,21,22)(H,23,24,25);;/q;2*+1/p-2. The minimum atomic E-state index is -5.26. The summed E-state index contributed by atoms with van der Waals surface area (Å²) < 4.78 is 31.3. The van der Waals surface area contributed by atoms with Gasteiger partial charge in [-0.15, -0.1) is 0 Å². The first-order valence-electron chi connectivity index (χ1n) is 9.37. The zero-order valence-corrected chi connectivity index (χ0v) is 23.0. The van der Waals surface area contributed by atoms with Gasteiger partial charge >= 0.3 is 59.1 Å². The van der Waals surface area contributed by atoms with Gasteiger partial charge in [0.15, 0.2) is 0 Å². The van der Waals surface area contributed by atoms with Gasteiger partial charge in [-0.05, 0) is 18.3 Å². The molecule has 7 nitrogen and oxygen atoms in total. The smallest absolute Gasteiger partial charge is 0.550 e. The molecule has 1 N–H and O–H groups in total. The van der Waals surface area contributed by atoms with Crippen LogP contribution in [0.1, 0.15) is 79.1 Å². The Morgan fingerprint density at radius 1 is 0.929 bits per heavy atom. The summed E-state index contributed by atoms with van der Waals surface area (Å²) >= 11 is 0. The van der Waals surface area contributed by atoms with Crippen molar-refractivity contribution < 1.29 is 91.9 Å². The van der Waals surface area contributed by atoms with Gasteiger partial charge in [0.2, 0.25) is 0 Å². The van der Waals surface area contributed by atoms with E-state index in [1.54, 1.807) is 0 Å². The van der Waals surface area contributed by atoms with Crippen LogP contribution in [0.25, 0.3) is 0 Å². The van der Waals surface area contributed by atoms with Gasteiger partial charge in [-0.2, -0.15) is 8.42 Å². The molecule has 0 aromatic heterocycles. The van der Waals surface area contributed by atoms with Crippen LogP contribution in [-0.2, 0) is 19.7 Å². The molecule has 0 radical (unpaired) electrons. The Morgan fingerprint density at radius 3 is 1.68 bits per heavy atom. The number of hydrogen-bond acceptors (Lipinski definition) is 6. The van der Waals surface area contributed by atoms with E-state index in [1.165, 1.54) is 13.8 Å². The predicted octanol–water partition coefficient (Wildman–Crippen LogP) is -4.83. The van der Waals surface area contributed by atoms with Crippen LogP contribution in [0.5, 0.6) is 0 Å². The molecule has 0 rings (SSSR count). The molecule has 4 unspecified atom stereocenters. The number of hydrogen-bond donors (Lipinski definition) is 1. The van der Waals surface area contributed by atoms with Gasteiger partial charge in [0, 0.05) is 11.9 Å². The van der Waals surface area contributed by atoms with Crippen molar-refractivity contribution in [2.24, 2.45) is 17.8 Å². The minimum absolute atomic E-state index is 0. The molecule has 0 aliphatic carbocycles. The first-order chi connectivity index (χ1) is 12.0. The van der Waals surface area contributed by atoms with Gasteiger partial charge in [-0.25, -0.2) is 0 Å². The van der Waals surface area contributed by atoms with Crippen LogP contribution in [0.15, 0.2) is 0 Å². The Morgan fingerprint density at radius 2 is 1.36 bits per heavy atom. The van der Waals surface area contributed by atoms with Crippen molar-refractivity contribution in [2.75, 3.05) is 0 Å². The van der Waals surface area contributed by atoms with E-state index in [4.69, 9.17) is 0 Å². The van der Waals surface area contributed by atoms with E-state index in [9.17, 15) is 32.8 Å². The molecule has 0 bridgehead atoms. The van der Waals surface area contributed by atoms with Gasteiger partial charge in [-0.1, -0.05) is 72.6 Å². The monoisotopic (exact) mass is 438 g/mol. The van der Waals surface area contributed by atoms with Crippen molar-refractivity contribution in [2.45, 2.75) is 83.8 Å². The number of unbranched alkanes of at least 4 members (excludes halogenated alkanes) is 4. The molecule has 0 amide bonds. The summed E-state index contributed by atoms with van der Waals surface area (Å²) in [6.45, 7) is 6.71. The third kappa shape index (κ3) is 8.53. The molecular weight excluding hydrogens is 406 g/mol. The summed E-state index contributed by atoms with van der Waals surface area (Å²) in [6, 6.07) is 0. The number of rotatable bonds is 14. The number of carbonyl (C=O) groups is 2. The maximum atomic E-state index is 12.2. The van der Waals surface area contributed by atoms with Crippen molar-refractivity contribution >= 4 is 22.1 Å². The Balaban J connectivity index is -0.00000312. The Bertz CT molecular complexity index is 568. The fourth-order valence-electron chi connectivity index (χ4n) is 3.78. The molecule has 0 saturated heterocycles. The third-order valence-corrected chi connectivity index (χ3v) is 6.94. The van der Waals surface area contributed by atoms with Gasteiger partial charge in [0.1, 0.15) is 4.75 Å². The average Bonchev–Trinajstić information content (AvgIpc) is 2.50. The molecule has 0 fully saturated rings. The summed E-state index contributed by atoms with van der Waals surface area (Å²) in [5, 5.41) is 23.8. The van der Waals surface area contributed by atoms with Crippen molar-refractivity contribution in [1.82, 2.24) is 0 Å². The molecule has 0 saturated carbocycles. The van der Waals surface area contributed by atoms with Crippen molar-refractivity contribution in [1.29, 1.82) is 0 Å². The maximum Gasteiger partial charge on any atom is 1.00 e. The summed E-state index contributed by atoms with van der Waals surface area (Å²) in [5.74, 6) is -7.71. The van der Waals surface area contributed by atoms with E-state index in [-0.39, 0.29) is 65.5 Å². The Labute approximate surface area is 213 Å². The van der Waals surface area contributed by atoms with Crippen LogP contribution >= 0.6 is 0 Å². The van der Waals surface area contributed by atoms with Crippen LogP contribution < -0.4 is 69.3 Å². The van der Waals surface area contributed by atoms with E-state index >= 15 is 0 Å². The van der Waals surface area contributed by atoms with Crippen molar-refractivity contribution in [3.63, 3.8) is 0 Å². The molecule has 0 aromatic carbocycles. The summed E-state index contributed by atoms with van der Waals surface area (Å²) in [6.07, 6.45) is 4.86. The molecule has 0 aliphatic rings. The number of carboxylic acids is 2. The topological polar surface area (TPSA) is 135 Å². The first kappa shape index (κ1) is 33.5. The fourth-order valence-corrected chi connectivity index (χ4v) is 5.27. The zero-order chi connectivity index (χ0) is 20.5. The molecule has 0 spiro atoms. The van der Waals surface area contributed by atoms with E-state index in [2.05, 4.69) is 0 Å². The number of carbonyl (C=O) groups excluding carboxylic acids is 2. The second kappa shape index (κ2) is 15.6. The average molecular weight is 438 g/mol. The summed E-state index contributed by atoms with van der Waals surface area (Å²) in [7, 11) is -5.26. The predicted molar refractivity (Wildman–Crippen MR) is 94.4 cm³/mol. The van der Waals surface area contributed by atoms with Gasteiger partial charge in [-0.3, -0.25) is 4.55 Å². The largest absolute Gasteiger partial charge is 1.00 e. The maximum absolute atomic E-state index is 12.2. The first-order valence-corrected chi connectivity index (χ1v) is 10.8. The molecule has 154 valence electrons. The fraction of sp³-hybridized carbons (Fsp3) is 0.889. The van der Waals surface area contributed by atoms with Gasteiger partial charge in [0.05, 0.1) is 5.97 Å². The summed E-state index contributed by atoms with van der Waals surface area (Å²) in [5.41, 5.74) is 0. The van der Waals surface area contributed by atoms with Crippen LogP contribution in [-0.4, -0.2) is 29.7 Å². The van der Waals surface area contributed by atoms with Crippen LogP contribution in [0.3, 0.4) is 0 Å². The SMILES string of the molecule is CCCCCC(C)C(C(=O)[O-])C(C(=O)[O-])(C(C)CCCCC)S(=O)(=O)O.[Na+].[Na+]. The van der Waals surface area contributed by atoms with E-state index < -0.39 is 44.6 Å². The molecule has 28 heavy (non-hydrogen) atoms. The van der Waals surface area contributed by atoms with Gasteiger partial charge in [0.25, 0.3) is 10.1 Å². The molecule has 0 aromatic rings. The normalized spacial score (nSPS) is 16.6. The van der Waals surface area contributed by atoms with E-state index in [0.29, 0.717) is 19.3 Å². The molecule has 4 atom stereocenters. The molecule has 10 heteroatoms. The zero-order valence-electron chi connectivity index (χ0n) is 18.2. The Kier molecular flexibility index (Phi) is 18.7. The van der Waals surface area contributed by atoms with Crippen LogP contribution in [0.4, 0.5) is 0 Å². The molecular formula is C18H32Na2O7S. The van der Waals surface area contributed by atoms with E-state index in [0.717, 1.165) is 25.7 Å². The van der Waals surface area contributed by atoms with Gasteiger partial charge < -0.3 is 19.8 Å². The van der Waals surface area contributed by atoms with Crippen LogP contribution in [0, 0.1) is 17.8 Å². The van der Waals surface area contributed by atoms with E-state index in [1.807, 2.05) is 13.8 Å². The quantitative estimate of drug-likeness (QED) is 0.163. The minimum Gasteiger partial charge on any atom is -0.550 e. The van der Waals surface area contributed by atoms with Crippen LogP contribution in [0.2, 0.25) is 0 Å². The molecule has 0 heterocycles. The molecule has 0 aliphatic heterocycles. The second-order valence-corrected chi connectivity index (χ2v) is 8.85. The third-order valence-electron chi connectivity index (χ3n) is 5.27. The van der Waals surface area contributed by atoms with Crippen molar-refractivity contribution in [3.05, 3.63) is 0 Å². The summed E-state index contributed by atoms with van der Waals surface area (Å²) in [4.78, 5) is 23.8. The number of aliphatic carboxylic acids is 2. The number of carboxylic acid groups (broad SMARTS) is 2.